The Morgan fingerprint density at radius 1 is 1.35 bits per heavy atom. The van der Waals surface area contributed by atoms with Crippen molar-refractivity contribution >= 4 is 17.7 Å². The SMILES string of the molecule is O=Cc1cc(N2CC=CCC2)ccc1[N+](=O)[O-]. The standard InChI is InChI=1S/C12H12N2O3/c15-9-10-8-11(4-5-12(10)14(16)17)13-6-2-1-3-7-13/h1-2,4-5,8-9H,3,6-7H2. The quantitative estimate of drug-likeness (QED) is 0.347. The summed E-state index contributed by atoms with van der Waals surface area (Å²) in [6.45, 7) is 1.64. The molecule has 1 aliphatic rings. The van der Waals surface area contributed by atoms with E-state index < -0.39 is 4.92 Å². The van der Waals surface area contributed by atoms with Crippen molar-refractivity contribution in [3.63, 3.8) is 0 Å². The number of rotatable bonds is 3. The molecule has 0 radical (unpaired) electrons. The number of benzene rings is 1. The Balaban J connectivity index is 2.34. The zero-order valence-electron chi connectivity index (χ0n) is 9.20. The fourth-order valence-corrected chi connectivity index (χ4v) is 1.88. The molecule has 0 aliphatic carbocycles. The molecule has 5 heteroatoms. The van der Waals surface area contributed by atoms with Gasteiger partial charge in [0.2, 0.25) is 0 Å². The van der Waals surface area contributed by atoms with Gasteiger partial charge < -0.3 is 4.90 Å². The van der Waals surface area contributed by atoms with Gasteiger partial charge in [0.25, 0.3) is 5.69 Å². The third-order valence-corrected chi connectivity index (χ3v) is 2.76. The zero-order chi connectivity index (χ0) is 12.3. The van der Waals surface area contributed by atoms with Crippen LogP contribution >= 0.6 is 0 Å². The number of hydrogen-bond acceptors (Lipinski definition) is 4. The smallest absolute Gasteiger partial charge is 0.280 e. The monoisotopic (exact) mass is 232 g/mol. The summed E-state index contributed by atoms with van der Waals surface area (Å²) in [7, 11) is 0. The minimum Gasteiger partial charge on any atom is -0.367 e. The molecule has 5 nitrogen and oxygen atoms in total. The van der Waals surface area contributed by atoms with E-state index in [1.165, 1.54) is 6.07 Å². The van der Waals surface area contributed by atoms with E-state index in [1.807, 2.05) is 6.08 Å². The maximum atomic E-state index is 10.8. The molecule has 0 saturated carbocycles. The fourth-order valence-electron chi connectivity index (χ4n) is 1.88. The normalized spacial score (nSPS) is 14.7. The third-order valence-electron chi connectivity index (χ3n) is 2.76. The Hall–Kier alpha value is -2.17. The molecule has 1 heterocycles. The number of nitrogens with zero attached hydrogens (tertiary/aromatic N) is 2. The second-order valence-corrected chi connectivity index (χ2v) is 3.82. The number of anilines is 1. The van der Waals surface area contributed by atoms with Crippen LogP contribution in [0.3, 0.4) is 0 Å². The number of nitro benzene ring substituents is 1. The first kappa shape index (κ1) is 11.3. The Morgan fingerprint density at radius 3 is 2.76 bits per heavy atom. The van der Waals surface area contributed by atoms with Crippen molar-refractivity contribution in [1.82, 2.24) is 0 Å². The number of nitro groups is 1. The summed E-state index contributed by atoms with van der Waals surface area (Å²) in [5.41, 5.74) is 0.834. The number of hydrogen-bond donors (Lipinski definition) is 0. The molecular weight excluding hydrogens is 220 g/mol. The molecular formula is C12H12N2O3. The summed E-state index contributed by atoms with van der Waals surface area (Å²) >= 11 is 0. The molecule has 0 amide bonds. The average molecular weight is 232 g/mol. The molecule has 0 bridgehead atoms. The van der Waals surface area contributed by atoms with Crippen molar-refractivity contribution in [1.29, 1.82) is 0 Å². The summed E-state index contributed by atoms with van der Waals surface area (Å²) in [5, 5.41) is 10.7. The van der Waals surface area contributed by atoms with E-state index in [-0.39, 0.29) is 11.3 Å². The van der Waals surface area contributed by atoms with Crippen molar-refractivity contribution in [3.8, 4) is 0 Å². The van der Waals surface area contributed by atoms with Gasteiger partial charge in [-0.1, -0.05) is 12.2 Å². The molecule has 0 saturated heterocycles. The van der Waals surface area contributed by atoms with Gasteiger partial charge in [-0.05, 0) is 18.6 Å². The molecule has 1 aromatic rings. The highest BCUT2D eigenvalue weighted by Crippen LogP contribution is 2.24. The minimum absolute atomic E-state index is 0.127. The first-order valence-electron chi connectivity index (χ1n) is 5.36. The summed E-state index contributed by atoms with van der Waals surface area (Å²) in [6.07, 6.45) is 5.63. The highest BCUT2D eigenvalue weighted by molar-refractivity contribution is 5.83. The maximum Gasteiger partial charge on any atom is 0.280 e. The van der Waals surface area contributed by atoms with Crippen LogP contribution in [0.1, 0.15) is 16.8 Å². The van der Waals surface area contributed by atoms with Crippen LogP contribution in [-0.4, -0.2) is 24.3 Å². The van der Waals surface area contributed by atoms with Gasteiger partial charge in [0.1, 0.15) is 0 Å². The maximum absolute atomic E-state index is 10.8. The zero-order valence-corrected chi connectivity index (χ0v) is 9.20. The number of aldehydes is 1. The highest BCUT2D eigenvalue weighted by atomic mass is 16.6. The first-order chi connectivity index (χ1) is 8.22. The summed E-state index contributed by atoms with van der Waals surface area (Å²) < 4.78 is 0. The molecule has 17 heavy (non-hydrogen) atoms. The fraction of sp³-hybridized carbons (Fsp3) is 0.250. The molecule has 0 unspecified atom stereocenters. The van der Waals surface area contributed by atoms with Crippen molar-refractivity contribution in [2.75, 3.05) is 18.0 Å². The molecule has 0 atom stereocenters. The molecule has 0 N–H and O–H groups in total. The van der Waals surface area contributed by atoms with Gasteiger partial charge in [0.15, 0.2) is 6.29 Å². The lowest BCUT2D eigenvalue weighted by molar-refractivity contribution is -0.385. The van der Waals surface area contributed by atoms with Crippen molar-refractivity contribution < 1.29 is 9.72 Å². The lowest BCUT2D eigenvalue weighted by Crippen LogP contribution is -2.26. The highest BCUT2D eigenvalue weighted by Gasteiger charge is 2.16. The molecule has 1 aromatic carbocycles. The van der Waals surface area contributed by atoms with Gasteiger partial charge in [-0.25, -0.2) is 0 Å². The Labute approximate surface area is 98.5 Å². The predicted molar refractivity (Wildman–Crippen MR) is 64.5 cm³/mol. The van der Waals surface area contributed by atoms with Gasteiger partial charge in [-0.3, -0.25) is 14.9 Å². The topological polar surface area (TPSA) is 63.5 Å². The lowest BCUT2D eigenvalue weighted by Gasteiger charge is -2.25. The van der Waals surface area contributed by atoms with Crippen LogP contribution in [-0.2, 0) is 0 Å². The van der Waals surface area contributed by atoms with E-state index in [0.29, 0.717) is 6.29 Å². The van der Waals surface area contributed by atoms with Crippen molar-refractivity contribution in [3.05, 3.63) is 46.0 Å². The first-order valence-corrected chi connectivity index (χ1v) is 5.36. The molecule has 1 aliphatic heterocycles. The van der Waals surface area contributed by atoms with Gasteiger partial charge in [-0.15, -0.1) is 0 Å². The van der Waals surface area contributed by atoms with Gasteiger partial charge in [-0.2, -0.15) is 0 Å². The lowest BCUT2D eigenvalue weighted by atomic mass is 10.1. The van der Waals surface area contributed by atoms with Crippen LogP contribution in [0.5, 0.6) is 0 Å². The second kappa shape index (κ2) is 4.78. The Morgan fingerprint density at radius 2 is 2.18 bits per heavy atom. The number of carbonyl (C=O) groups is 1. The molecule has 88 valence electrons. The van der Waals surface area contributed by atoms with Crippen LogP contribution in [0.15, 0.2) is 30.4 Å². The largest absolute Gasteiger partial charge is 0.367 e. The minimum atomic E-state index is -0.538. The Bertz CT molecular complexity index is 483. The van der Waals surface area contributed by atoms with E-state index in [4.69, 9.17) is 0 Å². The number of carbonyl (C=O) groups excluding carboxylic acids is 1. The average Bonchev–Trinajstić information content (AvgIpc) is 2.39. The van der Waals surface area contributed by atoms with Crippen molar-refractivity contribution in [2.24, 2.45) is 0 Å². The summed E-state index contributed by atoms with van der Waals surface area (Å²) in [4.78, 5) is 23.1. The Kier molecular flexibility index (Phi) is 3.18. The summed E-state index contributed by atoms with van der Waals surface area (Å²) in [5.74, 6) is 0. The van der Waals surface area contributed by atoms with E-state index in [9.17, 15) is 14.9 Å². The van der Waals surface area contributed by atoms with Crippen LogP contribution in [0.25, 0.3) is 0 Å². The molecule has 0 fully saturated rings. The predicted octanol–water partition coefficient (Wildman–Crippen LogP) is 2.17. The third kappa shape index (κ3) is 2.33. The van der Waals surface area contributed by atoms with Crippen molar-refractivity contribution in [2.45, 2.75) is 6.42 Å². The van der Waals surface area contributed by atoms with Crippen LogP contribution in [0, 0.1) is 10.1 Å². The second-order valence-electron chi connectivity index (χ2n) is 3.82. The molecule has 0 spiro atoms. The van der Waals surface area contributed by atoms with Gasteiger partial charge in [0.05, 0.1) is 10.5 Å². The van der Waals surface area contributed by atoms with E-state index in [0.717, 1.165) is 25.2 Å². The molecule has 2 rings (SSSR count). The van der Waals surface area contributed by atoms with E-state index >= 15 is 0 Å². The van der Waals surface area contributed by atoms with Crippen LogP contribution in [0.2, 0.25) is 0 Å². The van der Waals surface area contributed by atoms with E-state index in [2.05, 4.69) is 11.0 Å². The van der Waals surface area contributed by atoms with E-state index in [1.54, 1.807) is 12.1 Å². The van der Waals surface area contributed by atoms with Crippen LogP contribution in [0.4, 0.5) is 11.4 Å². The molecule has 0 aromatic heterocycles. The van der Waals surface area contributed by atoms with Gasteiger partial charge in [0, 0.05) is 24.8 Å². The van der Waals surface area contributed by atoms with Gasteiger partial charge >= 0.3 is 0 Å². The summed E-state index contributed by atoms with van der Waals surface area (Å²) in [6, 6.07) is 4.64. The van der Waals surface area contributed by atoms with Crippen LogP contribution < -0.4 is 4.90 Å².